The summed E-state index contributed by atoms with van der Waals surface area (Å²) in [5, 5.41) is 9.63. The van der Waals surface area contributed by atoms with Gasteiger partial charge in [0, 0.05) is 0 Å². The Bertz CT molecular complexity index is 1200. The van der Waals surface area contributed by atoms with Gasteiger partial charge >= 0.3 is 5.97 Å². The molecule has 4 rings (SSSR count). The molecular formula is C32H36O2. The SMILES string of the molecule is CC1(C(=O)O)C=CC=C(/C=C(\Cc2ccccc2)c2ccc3c(c2)C(C)(C)CCC3(C)C)C=C1. The molecule has 1 N–H and O–H groups in total. The lowest BCUT2D eigenvalue weighted by molar-refractivity contribution is -0.142. The van der Waals surface area contributed by atoms with Crippen LogP contribution < -0.4 is 0 Å². The average molecular weight is 453 g/mol. The number of hydrogen-bond acceptors (Lipinski definition) is 1. The molecule has 0 saturated carbocycles. The van der Waals surface area contributed by atoms with E-state index in [1.165, 1.54) is 40.7 Å². The number of carboxylic acid groups (broad SMARTS) is 1. The van der Waals surface area contributed by atoms with Crippen molar-refractivity contribution in [3.8, 4) is 0 Å². The van der Waals surface area contributed by atoms with Crippen LogP contribution in [0.5, 0.6) is 0 Å². The number of carbonyl (C=O) groups is 1. The van der Waals surface area contributed by atoms with Gasteiger partial charge in [-0.15, -0.1) is 0 Å². The molecule has 0 amide bonds. The second-order valence-corrected chi connectivity index (χ2v) is 11.3. The Morgan fingerprint density at radius 2 is 1.59 bits per heavy atom. The van der Waals surface area contributed by atoms with E-state index in [2.05, 4.69) is 76.2 Å². The summed E-state index contributed by atoms with van der Waals surface area (Å²) in [6.45, 7) is 11.2. The lowest BCUT2D eigenvalue weighted by atomic mass is 9.63. The van der Waals surface area contributed by atoms with E-state index in [0.29, 0.717) is 0 Å². The summed E-state index contributed by atoms with van der Waals surface area (Å²) in [6.07, 6.45) is 14.7. The minimum Gasteiger partial charge on any atom is -0.480 e. The maximum absolute atomic E-state index is 11.7. The Balaban J connectivity index is 1.80. The predicted octanol–water partition coefficient (Wildman–Crippen LogP) is 7.81. The number of rotatable bonds is 5. The lowest BCUT2D eigenvalue weighted by Crippen LogP contribution is -2.33. The predicted molar refractivity (Wildman–Crippen MR) is 142 cm³/mol. The van der Waals surface area contributed by atoms with Crippen LogP contribution in [0.25, 0.3) is 5.57 Å². The standard InChI is InChI=1S/C32H36O2/c1-30(2)18-19-31(3,4)28-22-25(13-14-27(28)30)26(20-23-10-7-6-8-11-23)21-24-12-9-16-32(5,17-15-24)29(33)34/h6-17,21-22H,18-20H2,1-5H3,(H,33,34)/b26-21+. The number of aliphatic carboxylic acids is 1. The molecule has 0 aromatic heterocycles. The average Bonchev–Trinajstić information content (AvgIpc) is 2.99. The first-order valence-corrected chi connectivity index (χ1v) is 12.2. The molecule has 0 bridgehead atoms. The second kappa shape index (κ2) is 8.91. The van der Waals surface area contributed by atoms with Crippen LogP contribution in [0.3, 0.4) is 0 Å². The molecule has 1 unspecified atom stereocenters. The normalized spacial score (nSPS) is 23.1. The molecule has 0 radical (unpaired) electrons. The van der Waals surface area contributed by atoms with Crippen LogP contribution in [-0.2, 0) is 22.0 Å². The molecule has 2 aliphatic carbocycles. The first-order chi connectivity index (χ1) is 16.0. The van der Waals surface area contributed by atoms with E-state index in [4.69, 9.17) is 0 Å². The number of hydrogen-bond donors (Lipinski definition) is 1. The minimum absolute atomic E-state index is 0.145. The first-order valence-electron chi connectivity index (χ1n) is 12.2. The summed E-state index contributed by atoms with van der Waals surface area (Å²) in [4.78, 5) is 11.7. The van der Waals surface area contributed by atoms with Crippen LogP contribution in [0.1, 0.15) is 69.7 Å². The molecule has 0 aliphatic heterocycles. The fourth-order valence-corrected chi connectivity index (χ4v) is 5.02. The van der Waals surface area contributed by atoms with Crippen LogP contribution in [-0.4, -0.2) is 11.1 Å². The molecule has 1 atom stereocenters. The summed E-state index contributed by atoms with van der Waals surface area (Å²) in [6, 6.07) is 17.6. The molecule has 176 valence electrons. The number of fused-ring (bicyclic) bond motifs is 1. The van der Waals surface area contributed by atoms with E-state index >= 15 is 0 Å². The molecule has 0 spiro atoms. The van der Waals surface area contributed by atoms with E-state index in [1.807, 2.05) is 24.3 Å². The van der Waals surface area contributed by atoms with Gasteiger partial charge in [0.05, 0.1) is 0 Å². The Hall–Kier alpha value is -3.13. The maximum atomic E-state index is 11.7. The van der Waals surface area contributed by atoms with Gasteiger partial charge in [-0.3, -0.25) is 4.79 Å². The smallest absolute Gasteiger partial charge is 0.317 e. The summed E-state index contributed by atoms with van der Waals surface area (Å²) in [5.41, 5.74) is 6.97. The highest BCUT2D eigenvalue weighted by Gasteiger charge is 2.37. The molecule has 2 aromatic rings. The van der Waals surface area contributed by atoms with Gasteiger partial charge in [0.1, 0.15) is 5.41 Å². The number of allylic oxidation sites excluding steroid dienone is 6. The highest BCUT2D eigenvalue weighted by molar-refractivity contribution is 5.80. The lowest BCUT2D eigenvalue weighted by Gasteiger charge is -2.42. The van der Waals surface area contributed by atoms with Crippen LogP contribution in [0, 0.1) is 5.41 Å². The van der Waals surface area contributed by atoms with Crippen molar-refractivity contribution in [3.05, 3.63) is 113 Å². The van der Waals surface area contributed by atoms with Gasteiger partial charge in [-0.05, 0) is 70.4 Å². The van der Waals surface area contributed by atoms with Crippen molar-refractivity contribution >= 4 is 11.5 Å². The zero-order chi connectivity index (χ0) is 24.6. The molecule has 0 saturated heterocycles. The number of benzene rings is 2. The second-order valence-electron chi connectivity index (χ2n) is 11.3. The molecular weight excluding hydrogens is 416 g/mol. The quantitative estimate of drug-likeness (QED) is 0.502. The van der Waals surface area contributed by atoms with E-state index < -0.39 is 11.4 Å². The summed E-state index contributed by atoms with van der Waals surface area (Å²) in [7, 11) is 0. The van der Waals surface area contributed by atoms with Crippen molar-refractivity contribution in [3.63, 3.8) is 0 Å². The Morgan fingerprint density at radius 3 is 2.26 bits per heavy atom. The van der Waals surface area contributed by atoms with Gasteiger partial charge in [0.15, 0.2) is 0 Å². The minimum atomic E-state index is -0.993. The van der Waals surface area contributed by atoms with Gasteiger partial charge in [0.25, 0.3) is 0 Å². The zero-order valence-corrected chi connectivity index (χ0v) is 21.1. The van der Waals surface area contributed by atoms with E-state index in [-0.39, 0.29) is 10.8 Å². The molecule has 0 heterocycles. The topological polar surface area (TPSA) is 37.3 Å². The van der Waals surface area contributed by atoms with E-state index in [0.717, 1.165) is 12.0 Å². The van der Waals surface area contributed by atoms with Crippen LogP contribution >= 0.6 is 0 Å². The Kier molecular flexibility index (Phi) is 6.29. The number of carboxylic acids is 1. The fourth-order valence-electron chi connectivity index (χ4n) is 5.02. The molecule has 0 fully saturated rings. The monoisotopic (exact) mass is 452 g/mol. The molecule has 2 heteroatoms. The fraction of sp³-hybridized carbons (Fsp3) is 0.344. The van der Waals surface area contributed by atoms with Gasteiger partial charge < -0.3 is 5.11 Å². The van der Waals surface area contributed by atoms with Crippen LogP contribution in [0.4, 0.5) is 0 Å². The van der Waals surface area contributed by atoms with Gasteiger partial charge in [0.2, 0.25) is 0 Å². The molecule has 2 nitrogen and oxygen atoms in total. The highest BCUT2D eigenvalue weighted by Crippen LogP contribution is 2.46. The molecule has 2 aromatic carbocycles. The van der Waals surface area contributed by atoms with Crippen molar-refractivity contribution in [2.45, 2.75) is 64.7 Å². The van der Waals surface area contributed by atoms with Crippen molar-refractivity contribution in [2.24, 2.45) is 5.41 Å². The van der Waals surface area contributed by atoms with Crippen molar-refractivity contribution in [1.29, 1.82) is 0 Å². The van der Waals surface area contributed by atoms with E-state index in [9.17, 15) is 9.90 Å². The summed E-state index contributed by atoms with van der Waals surface area (Å²) in [5.74, 6) is -0.845. The molecule has 2 aliphatic rings. The van der Waals surface area contributed by atoms with E-state index in [1.54, 1.807) is 19.1 Å². The van der Waals surface area contributed by atoms with Crippen molar-refractivity contribution < 1.29 is 9.90 Å². The third kappa shape index (κ3) is 4.87. The largest absolute Gasteiger partial charge is 0.480 e. The molecule has 34 heavy (non-hydrogen) atoms. The van der Waals surface area contributed by atoms with Crippen molar-refractivity contribution in [2.75, 3.05) is 0 Å². The highest BCUT2D eigenvalue weighted by atomic mass is 16.4. The maximum Gasteiger partial charge on any atom is 0.317 e. The third-order valence-electron chi connectivity index (χ3n) is 7.62. The zero-order valence-electron chi connectivity index (χ0n) is 21.1. The Morgan fingerprint density at radius 1 is 0.912 bits per heavy atom. The van der Waals surface area contributed by atoms with Gasteiger partial charge in [-0.25, -0.2) is 0 Å². The summed E-state index contributed by atoms with van der Waals surface area (Å²) < 4.78 is 0. The van der Waals surface area contributed by atoms with Gasteiger partial charge in [-0.2, -0.15) is 0 Å². The Labute approximate surface area is 204 Å². The third-order valence-corrected chi connectivity index (χ3v) is 7.62. The first kappa shape index (κ1) is 24.0. The summed E-state index contributed by atoms with van der Waals surface area (Å²) >= 11 is 0. The van der Waals surface area contributed by atoms with Crippen LogP contribution in [0.15, 0.2) is 90.6 Å². The van der Waals surface area contributed by atoms with Crippen LogP contribution in [0.2, 0.25) is 0 Å². The van der Waals surface area contributed by atoms with Gasteiger partial charge in [-0.1, -0.05) is 113 Å². The van der Waals surface area contributed by atoms with Crippen molar-refractivity contribution in [1.82, 2.24) is 0 Å².